The van der Waals surface area contributed by atoms with E-state index in [1.807, 2.05) is 48.5 Å². The van der Waals surface area contributed by atoms with Crippen LogP contribution in [0, 0.1) is 0 Å². The molecular formula is C34H21N3O. The van der Waals surface area contributed by atoms with Crippen molar-refractivity contribution in [3.8, 4) is 28.5 Å². The molecule has 0 radical (unpaired) electrons. The van der Waals surface area contributed by atoms with E-state index in [-0.39, 0.29) is 0 Å². The molecule has 0 amide bonds. The average Bonchev–Trinajstić information content (AvgIpc) is 3.53. The molecule has 0 bridgehead atoms. The van der Waals surface area contributed by atoms with Gasteiger partial charge in [0.15, 0.2) is 5.82 Å². The Hall–Kier alpha value is -5.22. The molecule has 4 heteroatoms. The molecule has 0 aliphatic carbocycles. The van der Waals surface area contributed by atoms with Crippen molar-refractivity contribution in [3.05, 3.63) is 127 Å². The van der Waals surface area contributed by atoms with Crippen molar-refractivity contribution >= 4 is 43.7 Å². The van der Waals surface area contributed by atoms with Gasteiger partial charge in [-0.1, -0.05) is 97.1 Å². The summed E-state index contributed by atoms with van der Waals surface area (Å²) in [6, 6.07) is 43.6. The van der Waals surface area contributed by atoms with Gasteiger partial charge in [0.1, 0.15) is 17.0 Å². The van der Waals surface area contributed by atoms with E-state index in [1.165, 1.54) is 0 Å². The van der Waals surface area contributed by atoms with Gasteiger partial charge in [0.05, 0.1) is 22.1 Å². The van der Waals surface area contributed by atoms with Crippen molar-refractivity contribution in [1.29, 1.82) is 0 Å². The molecule has 0 aliphatic heterocycles. The number of aromatic nitrogens is 3. The van der Waals surface area contributed by atoms with Gasteiger partial charge >= 0.3 is 0 Å². The molecule has 5 aromatic carbocycles. The molecule has 4 nitrogen and oxygen atoms in total. The molecule has 0 fully saturated rings. The van der Waals surface area contributed by atoms with E-state index in [2.05, 4.69) is 83.4 Å². The van der Waals surface area contributed by atoms with Gasteiger partial charge in [0, 0.05) is 33.4 Å². The van der Waals surface area contributed by atoms with Gasteiger partial charge in [0.2, 0.25) is 0 Å². The fourth-order valence-electron chi connectivity index (χ4n) is 5.50. The van der Waals surface area contributed by atoms with Crippen LogP contribution in [0.3, 0.4) is 0 Å². The summed E-state index contributed by atoms with van der Waals surface area (Å²) in [6.07, 6.45) is 0. The first-order valence-electron chi connectivity index (χ1n) is 12.7. The summed E-state index contributed by atoms with van der Waals surface area (Å²) in [4.78, 5) is 10.1. The first kappa shape index (κ1) is 20.9. The Morgan fingerprint density at radius 2 is 1.21 bits per heavy atom. The Bertz CT molecular complexity index is 2070. The Morgan fingerprint density at radius 3 is 2.03 bits per heavy atom. The summed E-state index contributed by atoms with van der Waals surface area (Å²) in [5.41, 5.74) is 6.83. The zero-order chi connectivity index (χ0) is 25.1. The Labute approximate surface area is 218 Å². The maximum atomic E-state index is 6.46. The third-order valence-corrected chi connectivity index (χ3v) is 7.22. The predicted octanol–water partition coefficient (Wildman–Crippen LogP) is 8.81. The highest BCUT2D eigenvalue weighted by Crippen LogP contribution is 2.40. The molecular weight excluding hydrogens is 466 g/mol. The minimum Gasteiger partial charge on any atom is -0.455 e. The van der Waals surface area contributed by atoms with Gasteiger partial charge < -0.3 is 4.42 Å². The van der Waals surface area contributed by atoms with Crippen LogP contribution in [0.15, 0.2) is 132 Å². The van der Waals surface area contributed by atoms with E-state index >= 15 is 0 Å². The van der Waals surface area contributed by atoms with Gasteiger partial charge in [-0.3, -0.25) is 4.57 Å². The first-order chi connectivity index (χ1) is 18.8. The summed E-state index contributed by atoms with van der Waals surface area (Å²) >= 11 is 0. The van der Waals surface area contributed by atoms with Crippen molar-refractivity contribution < 1.29 is 4.42 Å². The van der Waals surface area contributed by atoms with Gasteiger partial charge in [-0.2, -0.15) is 0 Å². The number of hydrogen-bond acceptors (Lipinski definition) is 3. The molecule has 0 spiro atoms. The molecule has 178 valence electrons. The lowest BCUT2D eigenvalue weighted by atomic mass is 10.1. The minimum absolute atomic E-state index is 0.692. The fraction of sp³-hybridized carbons (Fsp3) is 0. The van der Waals surface area contributed by atoms with Crippen LogP contribution < -0.4 is 0 Å². The SMILES string of the molecule is c1ccc(-c2cc(-n3c4ccccc4c4c5oc6ccccc6c5ccc43)nc(-c3ccccc3)n2)cc1. The summed E-state index contributed by atoms with van der Waals surface area (Å²) in [5, 5.41) is 4.47. The lowest BCUT2D eigenvalue weighted by molar-refractivity contribution is 0.673. The second-order valence-corrected chi connectivity index (χ2v) is 9.45. The van der Waals surface area contributed by atoms with E-state index in [1.54, 1.807) is 0 Å². The largest absolute Gasteiger partial charge is 0.455 e. The Morgan fingerprint density at radius 1 is 0.526 bits per heavy atom. The summed E-state index contributed by atoms with van der Waals surface area (Å²) < 4.78 is 8.70. The number of para-hydroxylation sites is 2. The minimum atomic E-state index is 0.692. The molecule has 0 saturated carbocycles. The number of furan rings is 1. The van der Waals surface area contributed by atoms with Crippen LogP contribution in [-0.4, -0.2) is 14.5 Å². The lowest BCUT2D eigenvalue weighted by Crippen LogP contribution is -2.02. The van der Waals surface area contributed by atoms with Gasteiger partial charge in [-0.25, -0.2) is 9.97 Å². The third-order valence-electron chi connectivity index (χ3n) is 7.22. The smallest absolute Gasteiger partial charge is 0.162 e. The second kappa shape index (κ2) is 8.15. The highest BCUT2D eigenvalue weighted by molar-refractivity contribution is 6.23. The molecule has 3 heterocycles. The number of nitrogens with zero attached hydrogens (tertiary/aromatic N) is 3. The van der Waals surface area contributed by atoms with Crippen LogP contribution in [0.1, 0.15) is 0 Å². The molecule has 0 saturated heterocycles. The number of hydrogen-bond donors (Lipinski definition) is 0. The topological polar surface area (TPSA) is 43.9 Å². The Kier molecular flexibility index (Phi) is 4.49. The summed E-state index contributed by atoms with van der Waals surface area (Å²) in [5.74, 6) is 1.51. The van der Waals surface area contributed by atoms with E-state index in [0.29, 0.717) is 5.82 Å². The lowest BCUT2D eigenvalue weighted by Gasteiger charge is -2.12. The van der Waals surface area contributed by atoms with Crippen LogP contribution in [-0.2, 0) is 0 Å². The van der Waals surface area contributed by atoms with E-state index < -0.39 is 0 Å². The van der Waals surface area contributed by atoms with Crippen LogP contribution in [0.5, 0.6) is 0 Å². The van der Waals surface area contributed by atoms with Crippen molar-refractivity contribution in [2.75, 3.05) is 0 Å². The second-order valence-electron chi connectivity index (χ2n) is 9.45. The summed E-state index contributed by atoms with van der Waals surface area (Å²) in [6.45, 7) is 0. The molecule has 0 aliphatic rings. The first-order valence-corrected chi connectivity index (χ1v) is 12.7. The molecule has 0 atom stereocenters. The van der Waals surface area contributed by atoms with Crippen molar-refractivity contribution in [2.45, 2.75) is 0 Å². The maximum Gasteiger partial charge on any atom is 0.162 e. The van der Waals surface area contributed by atoms with Gasteiger partial charge in [-0.05, 0) is 24.3 Å². The van der Waals surface area contributed by atoms with Crippen LogP contribution in [0.25, 0.3) is 72.2 Å². The monoisotopic (exact) mass is 487 g/mol. The quantitative estimate of drug-likeness (QED) is 0.250. The zero-order valence-electron chi connectivity index (χ0n) is 20.4. The molecule has 38 heavy (non-hydrogen) atoms. The van der Waals surface area contributed by atoms with Crippen LogP contribution in [0.2, 0.25) is 0 Å². The van der Waals surface area contributed by atoms with E-state index in [4.69, 9.17) is 14.4 Å². The standard InChI is InChI=1S/C34H21N3O/c1-3-11-22(12-4-1)27-21-31(36-34(35-27)23-13-5-2-6-14-23)37-28-17-9-7-16-26(28)32-29(37)20-19-25-24-15-8-10-18-30(24)38-33(25)32/h1-21H. The maximum absolute atomic E-state index is 6.46. The average molecular weight is 488 g/mol. The highest BCUT2D eigenvalue weighted by Gasteiger charge is 2.20. The highest BCUT2D eigenvalue weighted by atomic mass is 16.3. The number of rotatable bonds is 3. The predicted molar refractivity (Wildman–Crippen MR) is 155 cm³/mol. The molecule has 8 aromatic rings. The van der Waals surface area contributed by atoms with Crippen LogP contribution in [0.4, 0.5) is 0 Å². The van der Waals surface area contributed by atoms with Crippen molar-refractivity contribution in [1.82, 2.24) is 14.5 Å². The number of fused-ring (bicyclic) bond motifs is 7. The van der Waals surface area contributed by atoms with E-state index in [9.17, 15) is 0 Å². The normalized spacial score (nSPS) is 11.7. The zero-order valence-corrected chi connectivity index (χ0v) is 20.4. The molecule has 3 aromatic heterocycles. The van der Waals surface area contributed by atoms with Crippen molar-refractivity contribution in [3.63, 3.8) is 0 Å². The fourth-order valence-corrected chi connectivity index (χ4v) is 5.50. The van der Waals surface area contributed by atoms with E-state index in [0.717, 1.165) is 66.4 Å². The third kappa shape index (κ3) is 3.10. The molecule has 0 unspecified atom stereocenters. The summed E-state index contributed by atoms with van der Waals surface area (Å²) in [7, 11) is 0. The number of benzene rings is 5. The van der Waals surface area contributed by atoms with Crippen molar-refractivity contribution in [2.24, 2.45) is 0 Å². The molecule has 0 N–H and O–H groups in total. The van der Waals surface area contributed by atoms with Gasteiger partial charge in [0.25, 0.3) is 0 Å². The van der Waals surface area contributed by atoms with Crippen LogP contribution >= 0.6 is 0 Å². The van der Waals surface area contributed by atoms with Gasteiger partial charge in [-0.15, -0.1) is 0 Å². The Balaban J connectivity index is 1.49. The molecule has 8 rings (SSSR count).